The Kier molecular flexibility index (Phi) is 3.34. The first-order valence-electron chi connectivity index (χ1n) is 5.03. The van der Waals surface area contributed by atoms with E-state index in [1.54, 1.807) is 0 Å². The first-order chi connectivity index (χ1) is 7.95. The van der Waals surface area contributed by atoms with Crippen molar-refractivity contribution < 1.29 is 8.42 Å². The largest absolute Gasteiger partial charge is 0.266 e. The number of aryl methyl sites for hydroxylation is 1. The summed E-state index contributed by atoms with van der Waals surface area (Å²) in [4.78, 5) is -0.0960. The summed E-state index contributed by atoms with van der Waals surface area (Å²) in [6.45, 7) is 0.265. The molecule has 8 heteroatoms. The predicted octanol–water partition coefficient (Wildman–Crippen LogP) is 2.26. The monoisotopic (exact) mass is 293 g/mol. The lowest BCUT2D eigenvalue weighted by atomic mass is 10.3. The molecule has 1 aromatic heterocycles. The Morgan fingerprint density at radius 3 is 2.65 bits per heavy atom. The number of rotatable bonds is 4. The minimum absolute atomic E-state index is 0.00264. The first-order valence-corrected chi connectivity index (χ1v) is 7.71. The molecular weight excluding hydrogens is 285 g/mol. The summed E-state index contributed by atoms with van der Waals surface area (Å²) in [5.74, 6) is 0.124. The molecule has 0 unspecified atom stereocenters. The fraction of sp³-hybridized carbons (Fsp3) is 0.556. The smallest absolute Gasteiger partial charge is 0.251 e. The normalized spacial score (nSPS) is 15.8. The van der Waals surface area contributed by atoms with Gasteiger partial charge in [-0.3, -0.25) is 4.68 Å². The summed E-state index contributed by atoms with van der Waals surface area (Å²) in [6.07, 6.45) is 2.00. The van der Waals surface area contributed by atoms with Gasteiger partial charge in [0.05, 0.1) is 24.7 Å². The van der Waals surface area contributed by atoms with Gasteiger partial charge in [-0.15, -0.1) is 0 Å². The average molecular weight is 294 g/mol. The van der Waals surface area contributed by atoms with Crippen molar-refractivity contribution in [2.45, 2.75) is 36.6 Å². The highest BCUT2D eigenvalue weighted by Crippen LogP contribution is 2.44. The number of nitrogens with zero attached hydrogens (tertiary/aromatic N) is 3. The van der Waals surface area contributed by atoms with Gasteiger partial charge in [0.15, 0.2) is 0 Å². The second kappa shape index (κ2) is 4.48. The van der Waals surface area contributed by atoms with Crippen LogP contribution in [-0.4, -0.2) is 18.2 Å². The van der Waals surface area contributed by atoms with Crippen LogP contribution in [0, 0.1) is 11.3 Å². The van der Waals surface area contributed by atoms with Gasteiger partial charge in [0.2, 0.25) is 0 Å². The lowest BCUT2D eigenvalue weighted by Crippen LogP contribution is -2.00. The van der Waals surface area contributed by atoms with Gasteiger partial charge >= 0.3 is 0 Å². The van der Waals surface area contributed by atoms with Crippen LogP contribution in [0.5, 0.6) is 0 Å². The standard InChI is InChI=1S/C9H9Cl2N3O2S/c10-9-8(17(11,15)16)7(6-2-3-6)13-14(9)5-1-4-12/h6H,1-3,5H2. The summed E-state index contributed by atoms with van der Waals surface area (Å²) in [5, 5.41) is 12.6. The van der Waals surface area contributed by atoms with Crippen LogP contribution in [0.3, 0.4) is 0 Å². The maximum atomic E-state index is 11.5. The molecule has 1 aliphatic carbocycles. The van der Waals surface area contributed by atoms with Gasteiger partial charge in [-0.05, 0) is 12.8 Å². The Morgan fingerprint density at radius 2 is 2.18 bits per heavy atom. The molecule has 5 nitrogen and oxygen atoms in total. The topological polar surface area (TPSA) is 75.8 Å². The number of hydrogen-bond donors (Lipinski definition) is 0. The quantitative estimate of drug-likeness (QED) is 0.798. The van der Waals surface area contributed by atoms with E-state index in [-0.39, 0.29) is 28.9 Å². The van der Waals surface area contributed by atoms with E-state index in [2.05, 4.69) is 5.10 Å². The third-order valence-electron chi connectivity index (χ3n) is 2.52. The number of halogens is 2. The molecule has 0 saturated heterocycles. The second-order valence-electron chi connectivity index (χ2n) is 3.85. The lowest BCUT2D eigenvalue weighted by molar-refractivity contribution is 0.607. The van der Waals surface area contributed by atoms with E-state index in [0.29, 0.717) is 5.69 Å². The molecule has 1 heterocycles. The molecule has 0 aliphatic heterocycles. The minimum Gasteiger partial charge on any atom is -0.251 e. The molecule has 0 bridgehead atoms. The van der Waals surface area contributed by atoms with Crippen LogP contribution < -0.4 is 0 Å². The molecular formula is C9H9Cl2N3O2S. The van der Waals surface area contributed by atoms with Crippen LogP contribution in [0.25, 0.3) is 0 Å². The van der Waals surface area contributed by atoms with E-state index in [1.165, 1.54) is 4.68 Å². The van der Waals surface area contributed by atoms with Crippen molar-refractivity contribution in [3.8, 4) is 6.07 Å². The van der Waals surface area contributed by atoms with E-state index in [1.807, 2.05) is 6.07 Å². The first kappa shape index (κ1) is 12.7. The summed E-state index contributed by atoms with van der Waals surface area (Å²) < 4.78 is 24.2. The highest BCUT2D eigenvalue weighted by atomic mass is 35.7. The van der Waals surface area contributed by atoms with Gasteiger partial charge in [-0.2, -0.15) is 10.4 Å². The second-order valence-corrected chi connectivity index (χ2v) is 6.71. The minimum atomic E-state index is -3.90. The summed E-state index contributed by atoms with van der Waals surface area (Å²) in [6, 6.07) is 1.95. The molecule has 1 aromatic rings. The van der Waals surface area contributed by atoms with Crippen molar-refractivity contribution in [2.24, 2.45) is 0 Å². The Hall–Kier alpha value is -0.770. The van der Waals surface area contributed by atoms with Crippen molar-refractivity contribution >= 4 is 31.3 Å². The Bertz CT molecular complexity index is 584. The molecule has 0 radical (unpaired) electrons. The van der Waals surface area contributed by atoms with Crippen LogP contribution in [0.15, 0.2) is 4.90 Å². The van der Waals surface area contributed by atoms with Crippen molar-refractivity contribution in [1.82, 2.24) is 9.78 Å². The van der Waals surface area contributed by atoms with Crippen molar-refractivity contribution in [2.75, 3.05) is 0 Å². The van der Waals surface area contributed by atoms with Gasteiger partial charge in [-0.25, -0.2) is 8.42 Å². The maximum absolute atomic E-state index is 11.5. The SMILES string of the molecule is N#CCCn1nc(C2CC2)c(S(=O)(=O)Cl)c1Cl. The summed E-state index contributed by atoms with van der Waals surface area (Å²) in [7, 11) is 1.46. The van der Waals surface area contributed by atoms with Gasteiger partial charge in [0.1, 0.15) is 10.0 Å². The molecule has 17 heavy (non-hydrogen) atoms. The summed E-state index contributed by atoms with van der Waals surface area (Å²) in [5.41, 5.74) is 0.433. The Morgan fingerprint density at radius 1 is 1.53 bits per heavy atom. The van der Waals surface area contributed by atoms with Crippen LogP contribution in [0.2, 0.25) is 5.15 Å². The molecule has 0 spiro atoms. The molecule has 1 fully saturated rings. The summed E-state index contributed by atoms with van der Waals surface area (Å²) >= 11 is 5.95. The Labute approximate surface area is 108 Å². The van der Waals surface area contributed by atoms with E-state index < -0.39 is 9.05 Å². The molecule has 92 valence electrons. The fourth-order valence-corrected chi connectivity index (χ4v) is 3.46. The van der Waals surface area contributed by atoms with Gasteiger partial charge in [-0.1, -0.05) is 11.6 Å². The Balaban J connectivity index is 2.48. The zero-order valence-corrected chi connectivity index (χ0v) is 11.1. The van der Waals surface area contributed by atoms with Crippen molar-refractivity contribution in [1.29, 1.82) is 5.26 Å². The molecule has 0 N–H and O–H groups in total. The number of aromatic nitrogens is 2. The van der Waals surface area contributed by atoms with Crippen LogP contribution in [0.4, 0.5) is 0 Å². The highest BCUT2D eigenvalue weighted by molar-refractivity contribution is 8.13. The van der Waals surface area contributed by atoms with E-state index in [0.717, 1.165) is 12.8 Å². The predicted molar refractivity (Wildman–Crippen MR) is 62.5 cm³/mol. The van der Waals surface area contributed by atoms with Crippen LogP contribution >= 0.6 is 22.3 Å². The molecule has 2 rings (SSSR count). The third-order valence-corrected chi connectivity index (χ3v) is 4.37. The maximum Gasteiger partial charge on any atom is 0.266 e. The molecule has 0 amide bonds. The van der Waals surface area contributed by atoms with Gasteiger partial charge < -0.3 is 0 Å². The fourth-order valence-electron chi connectivity index (χ4n) is 1.60. The van der Waals surface area contributed by atoms with Gasteiger partial charge in [0.25, 0.3) is 9.05 Å². The highest BCUT2D eigenvalue weighted by Gasteiger charge is 2.36. The van der Waals surface area contributed by atoms with Crippen molar-refractivity contribution in [3.63, 3.8) is 0 Å². The lowest BCUT2D eigenvalue weighted by Gasteiger charge is -1.98. The van der Waals surface area contributed by atoms with Crippen LogP contribution in [0.1, 0.15) is 30.9 Å². The zero-order valence-electron chi connectivity index (χ0n) is 8.73. The van der Waals surface area contributed by atoms with Crippen LogP contribution in [-0.2, 0) is 15.6 Å². The number of hydrogen-bond acceptors (Lipinski definition) is 4. The average Bonchev–Trinajstić information content (AvgIpc) is 2.99. The van der Waals surface area contributed by atoms with E-state index in [4.69, 9.17) is 27.5 Å². The van der Waals surface area contributed by atoms with E-state index in [9.17, 15) is 8.42 Å². The third kappa shape index (κ3) is 2.57. The van der Waals surface area contributed by atoms with Gasteiger partial charge in [0, 0.05) is 16.6 Å². The molecule has 1 aliphatic rings. The zero-order chi connectivity index (χ0) is 12.6. The molecule has 0 aromatic carbocycles. The number of nitriles is 1. The molecule has 0 atom stereocenters. The van der Waals surface area contributed by atoms with Crippen molar-refractivity contribution in [3.05, 3.63) is 10.8 Å². The molecule has 1 saturated carbocycles. The van der Waals surface area contributed by atoms with E-state index >= 15 is 0 Å².